The van der Waals surface area contributed by atoms with Crippen LogP contribution in [0.4, 0.5) is 10.2 Å². The summed E-state index contributed by atoms with van der Waals surface area (Å²) in [5.74, 6) is -1.08. The SMILES string of the molecule is O=C(NOC1CCCCO1)/C(F)=C/c1ccc(N[C@@H]2CCCN(C3CCCCC3)C2)nc1. The molecule has 1 aromatic heterocycles. The van der Waals surface area contributed by atoms with E-state index in [2.05, 4.69) is 20.7 Å². The Morgan fingerprint density at radius 1 is 1.12 bits per heavy atom. The average molecular weight is 447 g/mol. The van der Waals surface area contributed by atoms with Crippen molar-refractivity contribution >= 4 is 17.8 Å². The molecule has 1 unspecified atom stereocenters. The summed E-state index contributed by atoms with van der Waals surface area (Å²) in [4.78, 5) is 24.1. The summed E-state index contributed by atoms with van der Waals surface area (Å²) in [6.45, 7) is 2.83. The van der Waals surface area contributed by atoms with E-state index in [1.807, 2.05) is 6.07 Å². The third-order valence-corrected chi connectivity index (χ3v) is 6.61. The van der Waals surface area contributed by atoms with Gasteiger partial charge in [-0.2, -0.15) is 0 Å². The van der Waals surface area contributed by atoms with Crippen molar-refractivity contribution in [3.63, 3.8) is 0 Å². The van der Waals surface area contributed by atoms with Crippen LogP contribution in [-0.4, -0.2) is 53.9 Å². The smallest absolute Gasteiger partial charge is 0.303 e. The molecule has 32 heavy (non-hydrogen) atoms. The maximum atomic E-state index is 14.2. The molecule has 1 amide bonds. The Morgan fingerprint density at radius 3 is 2.72 bits per heavy atom. The second-order valence-electron chi connectivity index (χ2n) is 9.08. The van der Waals surface area contributed by atoms with Gasteiger partial charge in [0.2, 0.25) is 0 Å². The van der Waals surface area contributed by atoms with Crippen LogP contribution >= 0.6 is 0 Å². The van der Waals surface area contributed by atoms with Crippen LogP contribution in [0.5, 0.6) is 0 Å². The molecule has 3 fully saturated rings. The summed E-state index contributed by atoms with van der Waals surface area (Å²) in [6.07, 6.45) is 13.9. The fourth-order valence-corrected chi connectivity index (χ4v) is 4.87. The van der Waals surface area contributed by atoms with Gasteiger partial charge < -0.3 is 10.1 Å². The molecular formula is C24H35FN4O3. The number of hydroxylamine groups is 1. The fraction of sp³-hybridized carbons (Fsp3) is 0.667. The monoisotopic (exact) mass is 446 g/mol. The summed E-state index contributed by atoms with van der Waals surface area (Å²) in [5.41, 5.74) is 2.64. The molecule has 1 aromatic rings. The Morgan fingerprint density at radius 2 is 1.97 bits per heavy atom. The quantitative estimate of drug-likeness (QED) is 0.484. The van der Waals surface area contributed by atoms with E-state index in [0.29, 0.717) is 24.6 Å². The highest BCUT2D eigenvalue weighted by atomic mass is 19.1. The zero-order chi connectivity index (χ0) is 22.2. The Hall–Kier alpha value is -2.03. The lowest BCUT2D eigenvalue weighted by molar-refractivity contribution is -0.199. The Balaban J connectivity index is 1.25. The lowest BCUT2D eigenvalue weighted by Gasteiger charge is -2.40. The molecule has 176 valence electrons. The van der Waals surface area contributed by atoms with E-state index in [-0.39, 0.29) is 0 Å². The molecule has 1 aliphatic carbocycles. The van der Waals surface area contributed by atoms with Crippen LogP contribution in [0, 0.1) is 0 Å². The average Bonchev–Trinajstić information content (AvgIpc) is 2.85. The van der Waals surface area contributed by atoms with E-state index in [9.17, 15) is 9.18 Å². The summed E-state index contributed by atoms with van der Waals surface area (Å²) < 4.78 is 19.6. The number of hydrogen-bond acceptors (Lipinski definition) is 6. The standard InChI is InChI=1S/C24H35FN4O3/c25-21(24(30)28-32-23-10-4-5-14-31-23)15-18-11-12-22(26-16-18)27-19-7-6-13-29(17-19)20-8-2-1-3-9-20/h11-12,15-16,19-20,23H,1-10,13-14,17H2,(H,26,27)(H,28,30)/b21-15-/t19-,23?/m1/s1. The number of likely N-dealkylation sites (tertiary alicyclic amines) is 1. The van der Waals surface area contributed by atoms with Gasteiger partial charge in [-0.05, 0) is 68.8 Å². The minimum atomic E-state index is -0.932. The number of carbonyl (C=O) groups excluding carboxylic acids is 1. The zero-order valence-electron chi connectivity index (χ0n) is 18.7. The first-order valence-corrected chi connectivity index (χ1v) is 12.1. The number of anilines is 1. The normalized spacial score (nSPS) is 26.0. The highest BCUT2D eigenvalue weighted by molar-refractivity contribution is 5.94. The Labute approximate surface area is 189 Å². The Kier molecular flexibility index (Phi) is 8.48. The van der Waals surface area contributed by atoms with Crippen molar-refractivity contribution < 1.29 is 18.8 Å². The van der Waals surface area contributed by atoms with Crippen molar-refractivity contribution in [2.24, 2.45) is 0 Å². The van der Waals surface area contributed by atoms with E-state index in [1.54, 1.807) is 12.3 Å². The molecule has 4 rings (SSSR count). The predicted molar refractivity (Wildman–Crippen MR) is 121 cm³/mol. The molecule has 2 saturated heterocycles. The van der Waals surface area contributed by atoms with Crippen molar-refractivity contribution in [1.82, 2.24) is 15.4 Å². The molecule has 3 heterocycles. The first kappa shape index (κ1) is 23.1. The molecule has 0 aromatic carbocycles. The van der Waals surface area contributed by atoms with Gasteiger partial charge in [0.25, 0.3) is 0 Å². The zero-order valence-corrected chi connectivity index (χ0v) is 18.7. The van der Waals surface area contributed by atoms with Crippen molar-refractivity contribution in [1.29, 1.82) is 0 Å². The van der Waals surface area contributed by atoms with E-state index in [4.69, 9.17) is 9.57 Å². The molecule has 8 heteroatoms. The molecule has 2 aliphatic heterocycles. The highest BCUT2D eigenvalue weighted by Gasteiger charge is 2.27. The van der Waals surface area contributed by atoms with Crippen LogP contribution in [0.3, 0.4) is 0 Å². The summed E-state index contributed by atoms with van der Waals surface area (Å²) in [6, 6.07) is 4.70. The number of amides is 1. The number of rotatable bonds is 7. The number of pyridine rings is 1. The summed E-state index contributed by atoms with van der Waals surface area (Å²) >= 11 is 0. The molecule has 3 aliphatic rings. The molecule has 2 atom stereocenters. The molecule has 2 N–H and O–H groups in total. The van der Waals surface area contributed by atoms with Crippen molar-refractivity contribution in [2.45, 2.75) is 82.6 Å². The van der Waals surface area contributed by atoms with Gasteiger partial charge in [-0.15, -0.1) is 0 Å². The first-order chi connectivity index (χ1) is 15.7. The van der Waals surface area contributed by atoms with E-state index >= 15 is 0 Å². The number of aromatic nitrogens is 1. The largest absolute Gasteiger partial charge is 0.366 e. The van der Waals surface area contributed by atoms with Gasteiger partial charge in [0.1, 0.15) is 5.82 Å². The maximum absolute atomic E-state index is 14.2. The van der Waals surface area contributed by atoms with Gasteiger partial charge in [-0.25, -0.2) is 19.7 Å². The third-order valence-electron chi connectivity index (χ3n) is 6.61. The number of nitrogens with one attached hydrogen (secondary N) is 2. The van der Waals surface area contributed by atoms with Gasteiger partial charge in [0, 0.05) is 37.9 Å². The highest BCUT2D eigenvalue weighted by Crippen LogP contribution is 2.26. The first-order valence-electron chi connectivity index (χ1n) is 12.1. The molecular weight excluding hydrogens is 411 g/mol. The van der Waals surface area contributed by atoms with Crippen LogP contribution in [-0.2, 0) is 14.4 Å². The molecule has 0 spiro atoms. The van der Waals surface area contributed by atoms with E-state index in [1.165, 1.54) is 45.1 Å². The van der Waals surface area contributed by atoms with Crippen molar-refractivity contribution in [3.05, 3.63) is 29.7 Å². The molecule has 0 radical (unpaired) electrons. The number of piperidine rings is 1. The fourth-order valence-electron chi connectivity index (χ4n) is 4.87. The summed E-state index contributed by atoms with van der Waals surface area (Å²) in [5, 5.41) is 3.53. The van der Waals surface area contributed by atoms with Crippen LogP contribution in [0.25, 0.3) is 6.08 Å². The van der Waals surface area contributed by atoms with Gasteiger partial charge >= 0.3 is 5.91 Å². The van der Waals surface area contributed by atoms with Gasteiger partial charge in [-0.3, -0.25) is 9.69 Å². The molecule has 7 nitrogen and oxygen atoms in total. The van der Waals surface area contributed by atoms with Gasteiger partial charge in [0.05, 0.1) is 0 Å². The molecule has 1 saturated carbocycles. The topological polar surface area (TPSA) is 75.7 Å². The minimum Gasteiger partial charge on any atom is -0.366 e. The van der Waals surface area contributed by atoms with Gasteiger partial charge in [-0.1, -0.05) is 19.3 Å². The van der Waals surface area contributed by atoms with Crippen molar-refractivity contribution in [3.8, 4) is 0 Å². The van der Waals surface area contributed by atoms with Crippen LogP contribution in [0.1, 0.15) is 69.8 Å². The van der Waals surface area contributed by atoms with Crippen LogP contribution in [0.2, 0.25) is 0 Å². The third kappa shape index (κ3) is 6.73. The van der Waals surface area contributed by atoms with Crippen LogP contribution < -0.4 is 10.8 Å². The molecule has 0 bridgehead atoms. The number of carbonyl (C=O) groups is 1. The number of nitrogens with zero attached hydrogens (tertiary/aromatic N) is 2. The lowest BCUT2D eigenvalue weighted by atomic mass is 9.92. The van der Waals surface area contributed by atoms with Crippen LogP contribution in [0.15, 0.2) is 24.2 Å². The van der Waals surface area contributed by atoms with E-state index in [0.717, 1.165) is 43.7 Å². The summed E-state index contributed by atoms with van der Waals surface area (Å²) in [7, 11) is 0. The predicted octanol–water partition coefficient (Wildman–Crippen LogP) is 4.18. The maximum Gasteiger partial charge on any atom is 0.303 e. The lowest BCUT2D eigenvalue weighted by Crippen LogP contribution is -2.47. The number of ether oxygens (including phenoxy) is 1. The number of hydrogen-bond donors (Lipinski definition) is 2. The van der Waals surface area contributed by atoms with E-state index < -0.39 is 18.0 Å². The Bertz CT molecular complexity index is 761. The van der Waals surface area contributed by atoms with Crippen molar-refractivity contribution in [2.75, 3.05) is 25.0 Å². The van der Waals surface area contributed by atoms with Gasteiger partial charge in [0.15, 0.2) is 12.1 Å². The minimum absolute atomic E-state index is 0.376. The second-order valence-corrected chi connectivity index (χ2v) is 9.08. The number of halogens is 1. The second kappa shape index (κ2) is 11.7.